The molecule has 3 aromatic rings. The highest BCUT2D eigenvalue weighted by Gasteiger charge is 2.12. The molecule has 0 aliphatic carbocycles. The zero-order valence-electron chi connectivity index (χ0n) is 16.0. The standard InChI is InChI=1S/C22H23N3O2/c1-14-8-9-19(27-4)18(12-14)24-22(26)17-10-11-23-20(13-17)25-21-15(2)6-5-7-16(21)3/h5-13H,1-4H3,(H,23,25)(H,24,26). The Morgan fingerprint density at radius 3 is 2.44 bits per heavy atom. The lowest BCUT2D eigenvalue weighted by Crippen LogP contribution is -2.13. The predicted octanol–water partition coefficient (Wildman–Crippen LogP) is 5.01. The van der Waals surface area contributed by atoms with Gasteiger partial charge in [0.2, 0.25) is 0 Å². The second kappa shape index (κ2) is 7.91. The number of carbonyl (C=O) groups excluding carboxylic acids is 1. The largest absolute Gasteiger partial charge is 0.495 e. The molecule has 0 bridgehead atoms. The van der Waals surface area contributed by atoms with Gasteiger partial charge >= 0.3 is 0 Å². The van der Waals surface area contributed by atoms with E-state index in [1.165, 1.54) is 0 Å². The number of benzene rings is 2. The maximum absolute atomic E-state index is 12.7. The number of pyridine rings is 1. The summed E-state index contributed by atoms with van der Waals surface area (Å²) < 4.78 is 5.33. The van der Waals surface area contributed by atoms with E-state index in [-0.39, 0.29) is 5.91 Å². The summed E-state index contributed by atoms with van der Waals surface area (Å²) >= 11 is 0. The third-order valence-corrected chi connectivity index (χ3v) is 4.36. The number of para-hydroxylation sites is 1. The summed E-state index contributed by atoms with van der Waals surface area (Å²) in [6, 6.07) is 15.2. The van der Waals surface area contributed by atoms with Crippen LogP contribution in [0.2, 0.25) is 0 Å². The molecule has 0 saturated carbocycles. The molecule has 0 atom stereocenters. The van der Waals surface area contributed by atoms with E-state index >= 15 is 0 Å². The molecule has 0 saturated heterocycles. The van der Waals surface area contributed by atoms with Gasteiger partial charge in [-0.3, -0.25) is 4.79 Å². The maximum Gasteiger partial charge on any atom is 0.255 e. The number of aryl methyl sites for hydroxylation is 3. The number of amides is 1. The monoisotopic (exact) mass is 361 g/mol. The Morgan fingerprint density at radius 1 is 1.00 bits per heavy atom. The van der Waals surface area contributed by atoms with Gasteiger partial charge in [-0.15, -0.1) is 0 Å². The fourth-order valence-corrected chi connectivity index (χ4v) is 2.89. The van der Waals surface area contributed by atoms with E-state index in [9.17, 15) is 4.79 Å². The summed E-state index contributed by atoms with van der Waals surface area (Å²) in [4.78, 5) is 17.0. The number of hydrogen-bond acceptors (Lipinski definition) is 4. The van der Waals surface area contributed by atoms with Gasteiger partial charge in [0.05, 0.1) is 12.8 Å². The third-order valence-electron chi connectivity index (χ3n) is 4.36. The third kappa shape index (κ3) is 4.26. The van der Waals surface area contributed by atoms with Gasteiger partial charge < -0.3 is 15.4 Å². The molecule has 0 unspecified atom stereocenters. The van der Waals surface area contributed by atoms with E-state index in [0.29, 0.717) is 22.8 Å². The Hall–Kier alpha value is -3.34. The van der Waals surface area contributed by atoms with Crippen molar-refractivity contribution in [3.05, 3.63) is 77.0 Å². The van der Waals surface area contributed by atoms with Crippen molar-refractivity contribution < 1.29 is 9.53 Å². The van der Waals surface area contributed by atoms with E-state index < -0.39 is 0 Å². The van der Waals surface area contributed by atoms with Crippen LogP contribution in [0.15, 0.2) is 54.7 Å². The minimum Gasteiger partial charge on any atom is -0.495 e. The van der Waals surface area contributed by atoms with Crippen LogP contribution in [0.5, 0.6) is 5.75 Å². The van der Waals surface area contributed by atoms with Crippen LogP contribution in [0, 0.1) is 20.8 Å². The number of carbonyl (C=O) groups is 1. The summed E-state index contributed by atoms with van der Waals surface area (Å²) in [5.41, 5.74) is 5.44. The molecule has 1 amide bonds. The highest BCUT2D eigenvalue weighted by atomic mass is 16.5. The van der Waals surface area contributed by atoms with Crippen LogP contribution < -0.4 is 15.4 Å². The molecule has 0 spiro atoms. The van der Waals surface area contributed by atoms with Crippen molar-refractivity contribution in [3.63, 3.8) is 0 Å². The summed E-state index contributed by atoms with van der Waals surface area (Å²) in [5, 5.41) is 6.23. The average molecular weight is 361 g/mol. The van der Waals surface area contributed by atoms with E-state index in [0.717, 1.165) is 22.4 Å². The first-order chi connectivity index (χ1) is 13.0. The number of nitrogens with zero attached hydrogens (tertiary/aromatic N) is 1. The van der Waals surface area contributed by atoms with Gasteiger partial charge in [-0.1, -0.05) is 24.3 Å². The van der Waals surface area contributed by atoms with Crippen molar-refractivity contribution in [1.29, 1.82) is 0 Å². The Labute approximate surface area is 159 Å². The number of nitrogens with one attached hydrogen (secondary N) is 2. The SMILES string of the molecule is COc1ccc(C)cc1NC(=O)c1ccnc(Nc2c(C)cccc2C)c1. The van der Waals surface area contributed by atoms with E-state index in [1.807, 2.05) is 57.2 Å². The first-order valence-corrected chi connectivity index (χ1v) is 8.73. The summed E-state index contributed by atoms with van der Waals surface area (Å²) in [7, 11) is 1.58. The fourth-order valence-electron chi connectivity index (χ4n) is 2.89. The smallest absolute Gasteiger partial charge is 0.255 e. The topological polar surface area (TPSA) is 63.2 Å². The molecule has 2 aromatic carbocycles. The molecule has 0 aliphatic rings. The molecule has 1 heterocycles. The van der Waals surface area contributed by atoms with Crippen molar-refractivity contribution in [2.45, 2.75) is 20.8 Å². The van der Waals surface area contributed by atoms with Crippen molar-refractivity contribution in [2.24, 2.45) is 0 Å². The molecule has 3 rings (SSSR count). The van der Waals surface area contributed by atoms with Crippen LogP contribution in [0.25, 0.3) is 0 Å². The van der Waals surface area contributed by atoms with Crippen molar-refractivity contribution in [3.8, 4) is 5.75 Å². The summed E-state index contributed by atoms with van der Waals surface area (Å²) in [5.74, 6) is 1.03. The number of rotatable bonds is 5. The van der Waals surface area contributed by atoms with Crippen LogP contribution in [0.4, 0.5) is 17.2 Å². The van der Waals surface area contributed by atoms with Crippen LogP contribution in [-0.4, -0.2) is 18.0 Å². The van der Waals surface area contributed by atoms with Gasteiger partial charge in [0, 0.05) is 17.4 Å². The van der Waals surface area contributed by atoms with Gasteiger partial charge in [0.15, 0.2) is 0 Å². The normalized spacial score (nSPS) is 10.4. The zero-order chi connectivity index (χ0) is 19.4. The molecular weight excluding hydrogens is 338 g/mol. The molecule has 0 radical (unpaired) electrons. The second-order valence-corrected chi connectivity index (χ2v) is 6.48. The van der Waals surface area contributed by atoms with Gasteiger partial charge in [-0.2, -0.15) is 0 Å². The van der Waals surface area contributed by atoms with Gasteiger partial charge in [-0.05, 0) is 61.7 Å². The van der Waals surface area contributed by atoms with Gasteiger partial charge in [-0.25, -0.2) is 4.98 Å². The maximum atomic E-state index is 12.7. The molecule has 1 aromatic heterocycles. The molecule has 0 fully saturated rings. The Balaban J connectivity index is 1.83. The fraction of sp³-hybridized carbons (Fsp3) is 0.182. The van der Waals surface area contributed by atoms with Crippen molar-refractivity contribution in [2.75, 3.05) is 17.7 Å². The second-order valence-electron chi connectivity index (χ2n) is 6.48. The van der Waals surface area contributed by atoms with E-state index in [1.54, 1.807) is 25.4 Å². The predicted molar refractivity (Wildman–Crippen MR) is 109 cm³/mol. The van der Waals surface area contributed by atoms with E-state index in [4.69, 9.17) is 4.74 Å². The first kappa shape index (κ1) is 18.5. The number of aromatic nitrogens is 1. The zero-order valence-corrected chi connectivity index (χ0v) is 16.0. The van der Waals surface area contributed by atoms with Crippen molar-refractivity contribution >= 4 is 23.1 Å². The minimum atomic E-state index is -0.217. The molecule has 138 valence electrons. The van der Waals surface area contributed by atoms with Crippen LogP contribution >= 0.6 is 0 Å². The Kier molecular flexibility index (Phi) is 5.41. The van der Waals surface area contributed by atoms with Crippen LogP contribution in [0.1, 0.15) is 27.0 Å². The van der Waals surface area contributed by atoms with Gasteiger partial charge in [0.1, 0.15) is 11.6 Å². The molecule has 5 nitrogen and oxygen atoms in total. The van der Waals surface area contributed by atoms with Gasteiger partial charge in [0.25, 0.3) is 5.91 Å². The molecule has 5 heteroatoms. The van der Waals surface area contributed by atoms with Crippen LogP contribution in [-0.2, 0) is 0 Å². The minimum absolute atomic E-state index is 0.217. The first-order valence-electron chi connectivity index (χ1n) is 8.73. The van der Waals surface area contributed by atoms with Crippen molar-refractivity contribution in [1.82, 2.24) is 4.98 Å². The number of hydrogen-bond donors (Lipinski definition) is 2. The highest BCUT2D eigenvalue weighted by Crippen LogP contribution is 2.27. The number of ether oxygens (including phenoxy) is 1. The Morgan fingerprint density at radius 2 is 1.74 bits per heavy atom. The molecular formula is C22H23N3O2. The van der Waals surface area contributed by atoms with Crippen LogP contribution in [0.3, 0.4) is 0 Å². The summed E-state index contributed by atoms with van der Waals surface area (Å²) in [6.45, 7) is 6.04. The average Bonchev–Trinajstić information content (AvgIpc) is 2.65. The highest BCUT2D eigenvalue weighted by molar-refractivity contribution is 6.05. The molecule has 27 heavy (non-hydrogen) atoms. The molecule has 0 aliphatic heterocycles. The molecule has 2 N–H and O–H groups in total. The lowest BCUT2D eigenvalue weighted by atomic mass is 10.1. The lowest BCUT2D eigenvalue weighted by molar-refractivity contribution is 0.102. The number of anilines is 3. The van der Waals surface area contributed by atoms with E-state index in [2.05, 4.69) is 15.6 Å². The summed E-state index contributed by atoms with van der Waals surface area (Å²) in [6.07, 6.45) is 1.62. The quantitative estimate of drug-likeness (QED) is 0.670. The lowest BCUT2D eigenvalue weighted by Gasteiger charge is -2.13. The Bertz CT molecular complexity index is 963. The number of methoxy groups -OCH3 is 1.